The number of halogens is 3. The van der Waals surface area contributed by atoms with Gasteiger partial charge in [0.1, 0.15) is 5.70 Å². The summed E-state index contributed by atoms with van der Waals surface area (Å²) < 4.78 is 51.2. The van der Waals surface area contributed by atoms with Gasteiger partial charge in [-0.3, -0.25) is 0 Å². The number of allylic oxidation sites excluding steroid dienone is 1. The molecule has 0 amide bonds. The predicted molar refractivity (Wildman–Crippen MR) is 75.3 cm³/mol. The number of rotatable bonds is 0. The summed E-state index contributed by atoms with van der Waals surface area (Å²) in [6.07, 6.45) is 1.32. The predicted octanol–water partition coefficient (Wildman–Crippen LogP) is 1.23. The number of ether oxygens (including phenoxy) is 1. The third-order valence-electron chi connectivity index (χ3n) is 3.71. The molecule has 0 bridgehead atoms. The maximum absolute atomic E-state index is 13.1. The topological polar surface area (TPSA) is 40.1 Å². The van der Waals surface area contributed by atoms with Crippen molar-refractivity contribution in [1.29, 1.82) is 0 Å². The van der Waals surface area contributed by atoms with Crippen molar-refractivity contribution < 1.29 is 17.9 Å². The van der Waals surface area contributed by atoms with Gasteiger partial charge in [-0.15, -0.1) is 13.2 Å². The summed E-state index contributed by atoms with van der Waals surface area (Å²) in [5.74, 6) is 0.885. The monoisotopic (exact) mass is 323 g/mol. The number of alkyl halides is 3. The van der Waals surface area contributed by atoms with Crippen LogP contribution in [0, 0.1) is 0 Å². The summed E-state index contributed by atoms with van der Waals surface area (Å²) in [5, 5.41) is 0. The number of amidine groups is 1. The first-order valence-electron chi connectivity index (χ1n) is 6.91. The van der Waals surface area contributed by atoms with Crippen molar-refractivity contribution in [2.24, 2.45) is 4.40 Å². The molecule has 1 saturated heterocycles. The van der Waals surface area contributed by atoms with Crippen molar-refractivity contribution in [1.82, 2.24) is 14.5 Å². The minimum Gasteiger partial charge on any atom is -0.488 e. The van der Waals surface area contributed by atoms with Gasteiger partial charge >= 0.3 is 16.8 Å². The molecule has 0 aromatic rings. The van der Waals surface area contributed by atoms with Crippen molar-refractivity contribution in [2.75, 3.05) is 39.8 Å². The lowest BCUT2D eigenvalue weighted by molar-refractivity contribution is -0.0379. The second kappa shape index (κ2) is 5.60. The lowest BCUT2D eigenvalue weighted by atomic mass is 10.1. The minimum absolute atomic E-state index is 0.372. The average molecular weight is 323 g/mol. The number of hydrogen-bond donors (Lipinski definition) is 1. The Hall–Kier alpha value is -1.09. The van der Waals surface area contributed by atoms with Gasteiger partial charge in [-0.1, -0.05) is 0 Å². The zero-order chi connectivity index (χ0) is 15.0. The number of nitrogens with one attached hydrogen (secondary N) is 1. The van der Waals surface area contributed by atoms with Gasteiger partial charge in [0, 0.05) is 30.6 Å². The third kappa shape index (κ3) is 3.08. The van der Waals surface area contributed by atoms with E-state index in [4.69, 9.17) is 4.74 Å². The summed E-state index contributed by atoms with van der Waals surface area (Å²) in [6.45, 7) is 3.51. The fraction of sp³-hybridized carbons (Fsp3) is 0.750. The van der Waals surface area contributed by atoms with Crippen LogP contribution in [0.1, 0.15) is 12.8 Å². The van der Waals surface area contributed by atoms with Crippen LogP contribution in [0.3, 0.4) is 0 Å². The maximum Gasteiger partial charge on any atom is 0.629 e. The Kier molecular flexibility index (Phi) is 3.96. The molecule has 0 aromatic heterocycles. The highest BCUT2D eigenvalue weighted by Gasteiger charge is 2.58. The summed E-state index contributed by atoms with van der Waals surface area (Å²) >= 11 is -2.18. The molecule has 1 atom stereocenters. The van der Waals surface area contributed by atoms with Crippen molar-refractivity contribution in [3.8, 4) is 0 Å². The molecule has 0 saturated carbocycles. The fourth-order valence-electron chi connectivity index (χ4n) is 2.52. The van der Waals surface area contributed by atoms with Crippen molar-refractivity contribution in [3.05, 3.63) is 11.5 Å². The van der Waals surface area contributed by atoms with E-state index in [1.54, 1.807) is 0 Å². The van der Waals surface area contributed by atoms with E-state index < -0.39 is 16.8 Å². The zero-order valence-corrected chi connectivity index (χ0v) is 12.6. The first kappa shape index (κ1) is 14.8. The molecular formula is C12H18F3N4OS+. The van der Waals surface area contributed by atoms with E-state index in [1.807, 2.05) is 11.9 Å². The normalized spacial score (nSPS) is 27.7. The van der Waals surface area contributed by atoms with Crippen molar-refractivity contribution in [2.45, 2.75) is 18.3 Å². The SMILES string of the molecule is CN1CCN(C2=N[S+](C(F)(F)F)NC3=C2OCCC3)CC1. The molecular weight excluding hydrogens is 305 g/mol. The zero-order valence-electron chi connectivity index (χ0n) is 11.7. The van der Waals surface area contributed by atoms with Crippen LogP contribution in [-0.2, 0) is 16.0 Å². The molecule has 3 aliphatic rings. The Morgan fingerprint density at radius 3 is 2.62 bits per heavy atom. The maximum atomic E-state index is 13.1. The van der Waals surface area contributed by atoms with Crippen LogP contribution in [0.25, 0.3) is 0 Å². The van der Waals surface area contributed by atoms with Crippen molar-refractivity contribution >= 4 is 17.1 Å². The summed E-state index contributed by atoms with van der Waals surface area (Å²) in [6, 6.07) is 0. The van der Waals surface area contributed by atoms with E-state index in [-0.39, 0.29) is 0 Å². The first-order chi connectivity index (χ1) is 9.95. The molecule has 3 heterocycles. The van der Waals surface area contributed by atoms with E-state index in [2.05, 4.69) is 14.0 Å². The van der Waals surface area contributed by atoms with E-state index in [1.165, 1.54) is 0 Å². The van der Waals surface area contributed by atoms with Gasteiger partial charge in [-0.2, -0.15) is 4.72 Å². The second-order valence-electron chi connectivity index (χ2n) is 5.30. The molecule has 118 valence electrons. The Morgan fingerprint density at radius 2 is 1.95 bits per heavy atom. The summed E-state index contributed by atoms with van der Waals surface area (Å²) in [4.78, 5) is 4.06. The molecule has 21 heavy (non-hydrogen) atoms. The summed E-state index contributed by atoms with van der Waals surface area (Å²) in [7, 11) is 2.00. The van der Waals surface area contributed by atoms with Gasteiger partial charge in [0.15, 0.2) is 5.76 Å². The molecule has 0 aliphatic carbocycles. The van der Waals surface area contributed by atoms with Gasteiger partial charge in [-0.25, -0.2) is 0 Å². The minimum atomic E-state index is -4.37. The molecule has 1 fully saturated rings. The number of nitrogens with zero attached hydrogens (tertiary/aromatic N) is 3. The lowest BCUT2D eigenvalue weighted by Gasteiger charge is -2.36. The molecule has 9 heteroatoms. The van der Waals surface area contributed by atoms with Gasteiger partial charge < -0.3 is 14.5 Å². The first-order valence-corrected chi connectivity index (χ1v) is 8.10. The molecule has 3 rings (SSSR count). The molecule has 1 N–H and O–H groups in total. The van der Waals surface area contributed by atoms with Gasteiger partial charge in [0.2, 0.25) is 5.84 Å². The Balaban J connectivity index is 1.88. The summed E-state index contributed by atoms with van der Waals surface area (Å²) in [5.41, 5.74) is -3.82. The molecule has 1 unspecified atom stereocenters. The largest absolute Gasteiger partial charge is 0.629 e. The average Bonchev–Trinajstić information content (AvgIpc) is 2.46. The van der Waals surface area contributed by atoms with Crippen LogP contribution in [0.2, 0.25) is 0 Å². The quantitative estimate of drug-likeness (QED) is 0.681. The van der Waals surface area contributed by atoms with E-state index in [9.17, 15) is 13.2 Å². The van der Waals surface area contributed by atoms with Crippen LogP contribution < -0.4 is 4.72 Å². The van der Waals surface area contributed by atoms with E-state index in [0.29, 0.717) is 43.4 Å². The number of likely N-dealkylation sites (N-methyl/N-ethyl adjacent to an activating group) is 1. The molecule has 0 aromatic carbocycles. The fourth-order valence-corrected chi connectivity index (χ4v) is 3.58. The van der Waals surface area contributed by atoms with Crippen molar-refractivity contribution in [3.63, 3.8) is 0 Å². The Morgan fingerprint density at radius 1 is 1.24 bits per heavy atom. The van der Waals surface area contributed by atoms with Crippen LogP contribution in [-0.4, -0.2) is 61.0 Å². The highest BCUT2D eigenvalue weighted by molar-refractivity contribution is 7.95. The molecule has 0 radical (unpaired) electrons. The van der Waals surface area contributed by atoms with E-state index >= 15 is 0 Å². The van der Waals surface area contributed by atoms with Crippen LogP contribution in [0.15, 0.2) is 15.9 Å². The van der Waals surface area contributed by atoms with Gasteiger partial charge in [-0.05, 0) is 19.9 Å². The highest BCUT2D eigenvalue weighted by Crippen LogP contribution is 2.33. The standard InChI is InChI=1S/C12H17F3N4OS/c1-18-4-6-19(7-5-18)11-10-9(3-2-8-20-10)16-21(17-11)12(13,14)15/h2-8H2,1H3/p+1. The van der Waals surface area contributed by atoms with Crippen LogP contribution in [0.4, 0.5) is 13.2 Å². The van der Waals surface area contributed by atoms with Crippen LogP contribution >= 0.6 is 0 Å². The molecule has 3 aliphatic heterocycles. The number of hydrogen-bond acceptors (Lipinski definition) is 5. The Labute approximate surface area is 124 Å². The highest BCUT2D eigenvalue weighted by atomic mass is 32.2. The van der Waals surface area contributed by atoms with Gasteiger partial charge in [0.25, 0.3) is 0 Å². The van der Waals surface area contributed by atoms with Gasteiger partial charge in [0.05, 0.1) is 6.61 Å². The van der Waals surface area contributed by atoms with E-state index in [0.717, 1.165) is 19.5 Å². The molecule has 5 nitrogen and oxygen atoms in total. The Bertz CT molecular complexity index is 472. The lowest BCUT2D eigenvalue weighted by Crippen LogP contribution is -2.51. The number of piperazine rings is 1. The smallest absolute Gasteiger partial charge is 0.488 e. The van der Waals surface area contributed by atoms with Crippen LogP contribution in [0.5, 0.6) is 0 Å². The third-order valence-corrected chi connectivity index (χ3v) is 4.95. The second-order valence-corrected chi connectivity index (χ2v) is 6.72. The molecule has 0 spiro atoms.